The molecule has 4 atom stereocenters. The fourth-order valence-corrected chi connectivity index (χ4v) is 11.9. The third kappa shape index (κ3) is 18.6. The van der Waals surface area contributed by atoms with Gasteiger partial charge in [-0.25, -0.2) is 0 Å². The van der Waals surface area contributed by atoms with Crippen molar-refractivity contribution in [3.8, 4) is 46.0 Å². The second-order valence-corrected chi connectivity index (χ2v) is 28.8. The number of hydrogen-bond acceptors (Lipinski definition) is 14. The van der Waals surface area contributed by atoms with Crippen molar-refractivity contribution in [3.05, 3.63) is 167 Å². The van der Waals surface area contributed by atoms with Crippen LogP contribution in [0.5, 0.6) is 46.0 Å². The first-order valence-electron chi connectivity index (χ1n) is 29.9. The van der Waals surface area contributed by atoms with Crippen LogP contribution < -0.4 is 37.9 Å². The summed E-state index contributed by atoms with van der Waals surface area (Å²) in [6.45, 7) is 20.3. The number of fused-ring (bicyclic) bond motifs is 2. The molecule has 85 heavy (non-hydrogen) atoms. The van der Waals surface area contributed by atoms with E-state index in [-0.39, 0.29) is 61.5 Å². The van der Waals surface area contributed by atoms with Gasteiger partial charge in [0.25, 0.3) is 0 Å². The summed E-state index contributed by atoms with van der Waals surface area (Å²) in [7, 11) is 4.76. The quantitative estimate of drug-likeness (QED) is 0.0243. The molecule has 6 aromatic rings. The predicted octanol–water partition coefficient (Wildman–Crippen LogP) is 14.8. The van der Waals surface area contributed by atoms with Crippen molar-refractivity contribution in [2.45, 2.75) is 127 Å². The van der Waals surface area contributed by atoms with Crippen molar-refractivity contribution in [3.63, 3.8) is 0 Å². The number of benzene rings is 6. The van der Waals surface area contributed by atoms with Gasteiger partial charge in [-0.1, -0.05) is 95.3 Å². The van der Waals surface area contributed by atoms with E-state index in [1.165, 1.54) is 33.4 Å². The Bertz CT molecular complexity index is 2890. The second-order valence-electron chi connectivity index (χ2n) is 24.0. The van der Waals surface area contributed by atoms with Crippen LogP contribution in [-0.2, 0) is 47.0 Å². The van der Waals surface area contributed by atoms with Gasteiger partial charge in [-0.05, 0) is 164 Å². The maximum Gasteiger partial charge on any atom is 0.191 e. The Labute approximate surface area is 507 Å². The molecule has 0 fully saturated rings. The zero-order chi connectivity index (χ0) is 60.7. The van der Waals surface area contributed by atoms with Crippen LogP contribution in [0.1, 0.15) is 118 Å². The van der Waals surface area contributed by atoms with E-state index >= 15 is 0 Å². The van der Waals surface area contributed by atoms with E-state index in [9.17, 15) is 0 Å². The highest BCUT2D eigenvalue weighted by molar-refractivity contribution is 6.74. The van der Waals surface area contributed by atoms with Crippen LogP contribution in [0, 0.1) is 0 Å². The van der Waals surface area contributed by atoms with Gasteiger partial charge in [-0.15, -0.1) is 0 Å². The molecule has 6 aromatic carbocycles. The van der Waals surface area contributed by atoms with Gasteiger partial charge in [0.1, 0.15) is 46.0 Å². The minimum absolute atomic E-state index is 0.192. The summed E-state index contributed by atoms with van der Waals surface area (Å²) in [5.74, 6) is 6.93. The van der Waals surface area contributed by atoms with Crippen molar-refractivity contribution in [2.75, 3.05) is 95.3 Å². The monoisotopic (exact) mass is 1190 g/mol. The summed E-state index contributed by atoms with van der Waals surface area (Å²) in [6, 6.07) is 45.4. The number of rotatable bonds is 32. The Balaban J connectivity index is 0.000000247. The molecule has 2 aliphatic heterocycles. The second kappa shape index (κ2) is 32.4. The third-order valence-corrected chi connectivity index (χ3v) is 21.4. The normalized spacial score (nSPS) is 18.1. The topological polar surface area (TPSA) is 140 Å². The van der Waals surface area contributed by atoms with E-state index < -0.39 is 8.32 Å². The third-order valence-electron chi connectivity index (χ3n) is 16.9. The molecule has 1 N–H and O–H groups in total. The van der Waals surface area contributed by atoms with Gasteiger partial charge in [0.05, 0.1) is 26.4 Å². The van der Waals surface area contributed by atoms with E-state index in [0.717, 1.165) is 104 Å². The van der Waals surface area contributed by atoms with E-state index in [0.29, 0.717) is 26.4 Å². The molecule has 0 saturated carbocycles. The van der Waals surface area contributed by atoms with Gasteiger partial charge in [0.2, 0.25) is 0 Å². The molecule has 14 nitrogen and oxygen atoms in total. The van der Waals surface area contributed by atoms with Crippen LogP contribution in [-0.4, -0.2) is 109 Å². The zero-order valence-electron chi connectivity index (χ0n) is 52.3. The Morgan fingerprint density at radius 1 is 0.459 bits per heavy atom. The van der Waals surface area contributed by atoms with Crippen molar-refractivity contribution >= 4 is 8.32 Å². The molecule has 15 heteroatoms. The largest absolute Gasteiger partial charge is 0.494 e. The molecule has 0 spiro atoms. The average molecular weight is 1190 g/mol. The van der Waals surface area contributed by atoms with Gasteiger partial charge in [0.15, 0.2) is 35.5 Å². The SMILES string of the molecule is COCOc1ccc(C2(C)COc3cc(OCOC)ccc3C2CCCOc2ccc(CCCO)cc2)cc1.COCOc1ccc(C2(C)COc3cc(OCOC)ccc3C2CCCOc2ccc(CCCO[Si](C)(C)C(C)(C)C)cc2)cc1. The highest BCUT2D eigenvalue weighted by Gasteiger charge is 2.44. The molecule has 0 bridgehead atoms. The van der Waals surface area contributed by atoms with E-state index in [4.69, 9.17) is 66.4 Å². The van der Waals surface area contributed by atoms with Crippen LogP contribution in [0.2, 0.25) is 18.1 Å². The van der Waals surface area contributed by atoms with E-state index in [1.807, 2.05) is 60.7 Å². The summed E-state index contributed by atoms with van der Waals surface area (Å²) in [6.07, 6.45) is 7.35. The first-order chi connectivity index (χ1) is 41.0. The molecule has 0 radical (unpaired) electrons. The Morgan fingerprint density at radius 2 is 0.812 bits per heavy atom. The molecular formula is C70H94O14Si. The van der Waals surface area contributed by atoms with E-state index in [1.54, 1.807) is 28.4 Å². The highest BCUT2D eigenvalue weighted by Crippen LogP contribution is 2.51. The zero-order valence-corrected chi connectivity index (χ0v) is 53.3. The lowest BCUT2D eigenvalue weighted by Gasteiger charge is -2.43. The minimum Gasteiger partial charge on any atom is -0.494 e. The number of ether oxygens (including phenoxy) is 12. The minimum atomic E-state index is -1.69. The maximum absolute atomic E-state index is 9.04. The average Bonchev–Trinajstić information content (AvgIpc) is 3.47. The molecular weight excluding hydrogens is 1090 g/mol. The number of methoxy groups -OCH3 is 4. The molecule has 2 aliphatic rings. The van der Waals surface area contributed by atoms with Crippen LogP contribution in [0.4, 0.5) is 0 Å². The fourth-order valence-electron chi connectivity index (χ4n) is 10.8. The van der Waals surface area contributed by atoms with Crippen LogP contribution in [0.3, 0.4) is 0 Å². The highest BCUT2D eigenvalue weighted by atomic mass is 28.4. The number of aliphatic hydroxyl groups excluding tert-OH is 1. The summed E-state index contributed by atoms with van der Waals surface area (Å²) in [5, 5.41) is 9.28. The molecule has 462 valence electrons. The Kier molecular flexibility index (Phi) is 25.3. The maximum atomic E-state index is 9.04. The number of aryl methyl sites for hydroxylation is 2. The Morgan fingerprint density at radius 3 is 1.19 bits per heavy atom. The summed E-state index contributed by atoms with van der Waals surface area (Å²) in [5.41, 5.74) is 6.79. The van der Waals surface area contributed by atoms with Gasteiger partial charge >= 0.3 is 0 Å². The first-order valence-corrected chi connectivity index (χ1v) is 32.8. The predicted molar refractivity (Wildman–Crippen MR) is 336 cm³/mol. The summed E-state index contributed by atoms with van der Waals surface area (Å²) in [4.78, 5) is 0. The van der Waals surface area contributed by atoms with Crippen molar-refractivity contribution in [2.24, 2.45) is 0 Å². The van der Waals surface area contributed by atoms with Crippen molar-refractivity contribution in [1.29, 1.82) is 0 Å². The molecule has 8 rings (SSSR count). The number of aliphatic hydroxyl groups is 1. The first kappa shape index (κ1) is 66.2. The van der Waals surface area contributed by atoms with E-state index in [2.05, 4.69) is 121 Å². The summed E-state index contributed by atoms with van der Waals surface area (Å²) < 4.78 is 74.2. The molecule has 4 unspecified atom stereocenters. The standard InChI is InChI=1S/C38H54O7Si.C32H40O7/c1-37(2,3)46(7,8)45-24-9-11-29-13-17-31(18-14-29)41-23-10-12-35-34-22-21-33(44-28-40-6)25-36(34)42-26-38(35,4)30-15-19-32(20-16-30)43-27-39-5;1-32(25-10-14-27(15-11-25)38-22-34-2)21-37-31-20-28(39-23-35-3)16-17-29(31)30(32)7-5-19-36-26-12-8-24(9-13-26)6-4-18-33/h13-22,25,35H,9-12,23-24,26-28H2,1-8H3;8-17,20,30,33H,4-7,18-19,21-23H2,1-3H3. The van der Waals surface area contributed by atoms with Crippen molar-refractivity contribution in [1.82, 2.24) is 0 Å². The smallest absolute Gasteiger partial charge is 0.191 e. The van der Waals surface area contributed by atoms with Gasteiger partial charge < -0.3 is 66.4 Å². The molecule has 0 aromatic heterocycles. The lowest BCUT2D eigenvalue weighted by atomic mass is 9.66. The van der Waals surface area contributed by atoms with Crippen LogP contribution in [0.15, 0.2) is 133 Å². The van der Waals surface area contributed by atoms with Gasteiger partial charge in [-0.2, -0.15) is 0 Å². The molecule has 0 saturated heterocycles. The lowest BCUT2D eigenvalue weighted by molar-refractivity contribution is 0.0504. The van der Waals surface area contributed by atoms with Crippen molar-refractivity contribution < 1.29 is 66.4 Å². The number of hydrogen-bond donors (Lipinski definition) is 1. The fraction of sp³-hybridized carbons (Fsp3) is 0.486. The summed E-state index contributed by atoms with van der Waals surface area (Å²) >= 11 is 0. The lowest BCUT2D eigenvalue weighted by Crippen LogP contribution is -2.41. The molecule has 0 aliphatic carbocycles. The van der Waals surface area contributed by atoms with Crippen LogP contribution >= 0.6 is 0 Å². The van der Waals surface area contributed by atoms with Gasteiger partial charge in [-0.3, -0.25) is 0 Å². The van der Waals surface area contributed by atoms with Crippen LogP contribution in [0.25, 0.3) is 0 Å². The van der Waals surface area contributed by atoms with Gasteiger partial charge in [0, 0.05) is 76.5 Å². The molecule has 2 heterocycles. The Hall–Kier alpha value is -6.30. The molecule has 0 amide bonds.